The first-order valence-electron chi connectivity index (χ1n) is 7.93. The van der Waals surface area contributed by atoms with Gasteiger partial charge in [-0.05, 0) is 54.8 Å². The third-order valence-corrected chi connectivity index (χ3v) is 3.84. The van der Waals surface area contributed by atoms with Crippen LogP contribution in [0.5, 0.6) is 11.5 Å². The van der Waals surface area contributed by atoms with Crippen LogP contribution in [-0.2, 0) is 11.3 Å². The number of halogens is 3. The highest BCUT2D eigenvalue weighted by Crippen LogP contribution is 2.23. The number of likely N-dealkylation sites (N-methyl/N-ethyl adjacent to an activating group) is 1. The van der Waals surface area contributed by atoms with Crippen LogP contribution in [0.4, 0.5) is 13.2 Å². The van der Waals surface area contributed by atoms with E-state index in [0.29, 0.717) is 11.3 Å². The van der Waals surface area contributed by atoms with Gasteiger partial charge in [0.15, 0.2) is 6.61 Å². The van der Waals surface area contributed by atoms with Crippen LogP contribution in [0, 0.1) is 13.8 Å². The van der Waals surface area contributed by atoms with Crippen LogP contribution in [0.3, 0.4) is 0 Å². The number of alkyl halides is 3. The Bertz CT molecular complexity index is 758. The van der Waals surface area contributed by atoms with Crippen molar-refractivity contribution in [2.45, 2.75) is 26.8 Å². The molecule has 0 N–H and O–H groups in total. The molecule has 26 heavy (non-hydrogen) atoms. The molecule has 7 heteroatoms. The number of ether oxygens (including phenoxy) is 2. The van der Waals surface area contributed by atoms with Gasteiger partial charge in [0.25, 0.3) is 5.91 Å². The van der Waals surface area contributed by atoms with Gasteiger partial charge in [-0.1, -0.05) is 18.2 Å². The van der Waals surface area contributed by atoms with Crippen molar-refractivity contribution in [3.63, 3.8) is 0 Å². The van der Waals surface area contributed by atoms with Gasteiger partial charge in [0.05, 0.1) is 0 Å². The number of nitrogens with zero attached hydrogens (tertiary/aromatic N) is 1. The van der Waals surface area contributed by atoms with Gasteiger partial charge in [-0.2, -0.15) is 0 Å². The summed E-state index contributed by atoms with van der Waals surface area (Å²) in [6.45, 7) is 4.08. The Hall–Kier alpha value is -2.70. The molecular weight excluding hydrogens is 347 g/mol. The van der Waals surface area contributed by atoms with E-state index in [0.717, 1.165) is 11.1 Å². The molecule has 0 saturated carbocycles. The van der Waals surface area contributed by atoms with Gasteiger partial charge in [-0.3, -0.25) is 4.79 Å². The number of amides is 1. The van der Waals surface area contributed by atoms with Crippen molar-refractivity contribution in [3.05, 3.63) is 59.2 Å². The molecule has 2 aromatic rings. The molecule has 0 fully saturated rings. The second-order valence-electron chi connectivity index (χ2n) is 5.98. The fourth-order valence-corrected chi connectivity index (χ4v) is 2.22. The van der Waals surface area contributed by atoms with E-state index in [2.05, 4.69) is 4.74 Å². The number of hydrogen-bond donors (Lipinski definition) is 0. The molecule has 0 unspecified atom stereocenters. The molecule has 140 valence electrons. The molecule has 0 bridgehead atoms. The second-order valence-corrected chi connectivity index (χ2v) is 5.98. The summed E-state index contributed by atoms with van der Waals surface area (Å²) in [6, 6.07) is 11.0. The molecule has 0 aliphatic rings. The van der Waals surface area contributed by atoms with E-state index in [9.17, 15) is 18.0 Å². The summed E-state index contributed by atoms with van der Waals surface area (Å²) >= 11 is 0. The van der Waals surface area contributed by atoms with Crippen molar-refractivity contribution in [2.75, 3.05) is 13.7 Å². The molecule has 0 saturated heterocycles. The van der Waals surface area contributed by atoms with Crippen LogP contribution in [0.15, 0.2) is 42.5 Å². The maximum absolute atomic E-state index is 12.2. The number of carbonyl (C=O) groups excluding carboxylic acids is 1. The fraction of sp³-hybridized carbons (Fsp3) is 0.316. The molecule has 0 atom stereocenters. The summed E-state index contributed by atoms with van der Waals surface area (Å²) in [5.74, 6) is 0.0793. The van der Waals surface area contributed by atoms with E-state index in [-0.39, 0.29) is 24.8 Å². The Balaban J connectivity index is 1.87. The Kier molecular flexibility index (Phi) is 6.13. The first-order valence-corrected chi connectivity index (χ1v) is 7.93. The summed E-state index contributed by atoms with van der Waals surface area (Å²) in [4.78, 5) is 13.6. The van der Waals surface area contributed by atoms with Gasteiger partial charge in [0, 0.05) is 13.6 Å². The molecule has 0 radical (unpaired) electrons. The molecule has 2 rings (SSSR count). The predicted molar refractivity (Wildman–Crippen MR) is 91.0 cm³/mol. The Morgan fingerprint density at radius 1 is 1.00 bits per heavy atom. The third-order valence-electron chi connectivity index (χ3n) is 3.84. The molecule has 0 spiro atoms. The smallest absolute Gasteiger partial charge is 0.484 e. The number of benzene rings is 2. The molecule has 1 amide bonds. The highest BCUT2D eigenvalue weighted by atomic mass is 19.4. The van der Waals surface area contributed by atoms with Crippen molar-refractivity contribution in [2.24, 2.45) is 0 Å². The average molecular weight is 367 g/mol. The van der Waals surface area contributed by atoms with E-state index in [1.54, 1.807) is 13.1 Å². The lowest BCUT2D eigenvalue weighted by molar-refractivity contribution is -0.274. The van der Waals surface area contributed by atoms with E-state index in [1.807, 2.05) is 26.0 Å². The minimum Gasteiger partial charge on any atom is -0.484 e. The number of rotatable bonds is 6. The van der Waals surface area contributed by atoms with Crippen molar-refractivity contribution in [1.82, 2.24) is 4.90 Å². The monoisotopic (exact) mass is 367 g/mol. The molecule has 4 nitrogen and oxygen atoms in total. The number of hydrogen-bond acceptors (Lipinski definition) is 3. The SMILES string of the molecule is Cc1ccc(OCC(=O)N(C)Cc2ccc(OC(F)(F)F)cc2)cc1C. The zero-order valence-corrected chi connectivity index (χ0v) is 14.8. The van der Waals surface area contributed by atoms with E-state index >= 15 is 0 Å². The van der Waals surface area contributed by atoms with E-state index in [1.165, 1.54) is 29.2 Å². The molecule has 0 heterocycles. The molecule has 2 aromatic carbocycles. The van der Waals surface area contributed by atoms with Gasteiger partial charge in [0.2, 0.25) is 0 Å². The first kappa shape index (κ1) is 19.6. The maximum Gasteiger partial charge on any atom is 0.573 e. The third kappa shape index (κ3) is 5.98. The lowest BCUT2D eigenvalue weighted by Gasteiger charge is -2.18. The average Bonchev–Trinajstić information content (AvgIpc) is 2.56. The van der Waals surface area contributed by atoms with Crippen LogP contribution in [0.2, 0.25) is 0 Å². The number of aryl methyl sites for hydroxylation is 2. The van der Waals surface area contributed by atoms with Crippen molar-refractivity contribution < 1.29 is 27.4 Å². The van der Waals surface area contributed by atoms with Crippen LogP contribution in [0.25, 0.3) is 0 Å². The first-order chi connectivity index (χ1) is 12.1. The molecule has 0 aromatic heterocycles. The van der Waals surface area contributed by atoms with Gasteiger partial charge < -0.3 is 14.4 Å². The second kappa shape index (κ2) is 8.12. The minimum atomic E-state index is -4.72. The highest BCUT2D eigenvalue weighted by Gasteiger charge is 2.30. The molecular formula is C19H20F3NO3. The highest BCUT2D eigenvalue weighted by molar-refractivity contribution is 5.77. The molecule has 0 aliphatic heterocycles. The lowest BCUT2D eigenvalue weighted by atomic mass is 10.1. The summed E-state index contributed by atoms with van der Waals surface area (Å²) in [7, 11) is 1.60. The van der Waals surface area contributed by atoms with Crippen LogP contribution < -0.4 is 9.47 Å². The summed E-state index contributed by atoms with van der Waals surface area (Å²) in [6.07, 6.45) is -4.72. The van der Waals surface area contributed by atoms with E-state index < -0.39 is 6.36 Å². The van der Waals surface area contributed by atoms with Gasteiger partial charge in [-0.15, -0.1) is 13.2 Å². The van der Waals surface area contributed by atoms with Gasteiger partial charge >= 0.3 is 6.36 Å². The summed E-state index contributed by atoms with van der Waals surface area (Å²) in [5.41, 5.74) is 2.89. The van der Waals surface area contributed by atoms with Crippen LogP contribution in [-0.4, -0.2) is 30.8 Å². The zero-order chi connectivity index (χ0) is 19.3. The van der Waals surface area contributed by atoms with Crippen molar-refractivity contribution >= 4 is 5.91 Å². The summed E-state index contributed by atoms with van der Waals surface area (Å²) in [5, 5.41) is 0. The van der Waals surface area contributed by atoms with Crippen LogP contribution in [0.1, 0.15) is 16.7 Å². The van der Waals surface area contributed by atoms with Gasteiger partial charge in [0.1, 0.15) is 11.5 Å². The minimum absolute atomic E-state index is 0.117. The summed E-state index contributed by atoms with van der Waals surface area (Å²) < 4.78 is 45.7. The Morgan fingerprint density at radius 2 is 1.62 bits per heavy atom. The molecule has 0 aliphatic carbocycles. The van der Waals surface area contributed by atoms with Crippen LogP contribution >= 0.6 is 0 Å². The largest absolute Gasteiger partial charge is 0.573 e. The Labute approximate surface area is 150 Å². The van der Waals surface area contributed by atoms with Gasteiger partial charge in [-0.25, -0.2) is 0 Å². The lowest BCUT2D eigenvalue weighted by Crippen LogP contribution is -2.30. The predicted octanol–water partition coefficient (Wildman–Crippen LogP) is 4.24. The number of carbonyl (C=O) groups is 1. The fourth-order valence-electron chi connectivity index (χ4n) is 2.22. The standard InChI is InChI=1S/C19H20F3NO3/c1-13-4-7-17(10-14(13)2)25-12-18(24)23(3)11-15-5-8-16(9-6-15)26-19(20,21)22/h4-10H,11-12H2,1-3H3. The normalized spacial score (nSPS) is 11.2. The maximum atomic E-state index is 12.2. The Morgan fingerprint density at radius 3 is 2.19 bits per heavy atom. The topological polar surface area (TPSA) is 38.8 Å². The zero-order valence-electron chi connectivity index (χ0n) is 14.8. The quantitative estimate of drug-likeness (QED) is 0.767. The van der Waals surface area contributed by atoms with Crippen molar-refractivity contribution in [1.29, 1.82) is 0 Å². The van der Waals surface area contributed by atoms with E-state index in [4.69, 9.17) is 4.74 Å². The van der Waals surface area contributed by atoms with Crippen molar-refractivity contribution in [3.8, 4) is 11.5 Å².